The predicted molar refractivity (Wildman–Crippen MR) is 76.4 cm³/mol. The van der Waals surface area contributed by atoms with Crippen LogP contribution in [0.5, 0.6) is 0 Å². The van der Waals surface area contributed by atoms with E-state index in [2.05, 4.69) is 5.32 Å². The van der Waals surface area contributed by atoms with Gasteiger partial charge in [0.15, 0.2) is 0 Å². The van der Waals surface area contributed by atoms with Crippen LogP contribution < -0.4 is 9.62 Å². The van der Waals surface area contributed by atoms with Crippen LogP contribution in [0.4, 0.5) is 5.69 Å². The molecule has 0 aliphatic rings. The molecule has 18 heavy (non-hydrogen) atoms. The molecule has 4 nitrogen and oxygen atoms in total. The Morgan fingerprint density at radius 3 is 2.33 bits per heavy atom. The third-order valence-electron chi connectivity index (χ3n) is 2.83. The Balaban J connectivity index is 2.94. The Morgan fingerprint density at radius 1 is 1.22 bits per heavy atom. The highest BCUT2D eigenvalue weighted by atomic mass is 32.2. The Hall–Kier alpha value is -1.07. The first kappa shape index (κ1) is 15.0. The lowest BCUT2D eigenvalue weighted by atomic mass is 10.3. The molecule has 0 fully saturated rings. The van der Waals surface area contributed by atoms with E-state index < -0.39 is 15.3 Å². The Morgan fingerprint density at radius 2 is 1.83 bits per heavy atom. The van der Waals surface area contributed by atoms with Crippen molar-refractivity contribution in [2.75, 3.05) is 23.9 Å². The van der Waals surface area contributed by atoms with E-state index in [4.69, 9.17) is 0 Å². The van der Waals surface area contributed by atoms with Crippen LogP contribution in [0.2, 0.25) is 0 Å². The lowest BCUT2D eigenvalue weighted by Gasteiger charge is -2.26. The van der Waals surface area contributed by atoms with Crippen molar-refractivity contribution in [1.29, 1.82) is 0 Å². The number of anilines is 1. The van der Waals surface area contributed by atoms with Crippen molar-refractivity contribution < 1.29 is 8.42 Å². The molecule has 0 aliphatic carbocycles. The number of hydrogen-bond donors (Lipinski definition) is 1. The zero-order chi connectivity index (χ0) is 13.6. The van der Waals surface area contributed by atoms with E-state index >= 15 is 0 Å². The molecule has 5 heteroatoms. The van der Waals surface area contributed by atoms with Crippen LogP contribution in [0.3, 0.4) is 0 Å². The molecule has 0 spiro atoms. The lowest BCUT2D eigenvalue weighted by molar-refractivity contribution is 0.570. The van der Waals surface area contributed by atoms with Gasteiger partial charge in [-0.15, -0.1) is 0 Å². The van der Waals surface area contributed by atoms with Gasteiger partial charge in [-0.05, 0) is 32.5 Å². The van der Waals surface area contributed by atoms with Crippen LogP contribution in [-0.2, 0) is 10.0 Å². The van der Waals surface area contributed by atoms with Crippen molar-refractivity contribution in [1.82, 2.24) is 5.32 Å². The second-order valence-corrected chi connectivity index (χ2v) is 6.44. The summed E-state index contributed by atoms with van der Waals surface area (Å²) in [6.45, 7) is 7.25. The van der Waals surface area contributed by atoms with E-state index in [0.717, 1.165) is 12.2 Å². The van der Waals surface area contributed by atoms with Gasteiger partial charge in [0.1, 0.15) is 0 Å². The van der Waals surface area contributed by atoms with Gasteiger partial charge in [-0.3, -0.25) is 4.31 Å². The van der Waals surface area contributed by atoms with E-state index in [-0.39, 0.29) is 0 Å². The van der Waals surface area contributed by atoms with Crippen LogP contribution in [0.1, 0.15) is 20.8 Å². The number of sulfonamides is 1. The summed E-state index contributed by atoms with van der Waals surface area (Å²) in [6, 6.07) is 9.22. The van der Waals surface area contributed by atoms with E-state index in [0.29, 0.717) is 13.1 Å². The zero-order valence-corrected chi connectivity index (χ0v) is 12.1. The lowest BCUT2D eigenvalue weighted by Crippen LogP contribution is -2.42. The molecule has 1 N–H and O–H groups in total. The van der Waals surface area contributed by atoms with Crippen molar-refractivity contribution in [2.45, 2.75) is 26.0 Å². The Kier molecular flexibility index (Phi) is 5.62. The third kappa shape index (κ3) is 3.46. The van der Waals surface area contributed by atoms with Crippen molar-refractivity contribution in [3.05, 3.63) is 30.3 Å². The summed E-state index contributed by atoms with van der Waals surface area (Å²) in [5.74, 6) is 0. The van der Waals surface area contributed by atoms with Crippen LogP contribution in [0.15, 0.2) is 30.3 Å². The normalized spacial score (nSPS) is 13.3. The average molecular weight is 270 g/mol. The largest absolute Gasteiger partial charge is 0.316 e. The minimum Gasteiger partial charge on any atom is -0.316 e. The van der Waals surface area contributed by atoms with Crippen LogP contribution in [0, 0.1) is 0 Å². The van der Waals surface area contributed by atoms with Gasteiger partial charge in [0.25, 0.3) is 0 Å². The summed E-state index contributed by atoms with van der Waals surface area (Å²) in [5.41, 5.74) is 0.725. The molecule has 1 aromatic rings. The van der Waals surface area contributed by atoms with Gasteiger partial charge in [-0.2, -0.15) is 0 Å². The van der Waals surface area contributed by atoms with Crippen LogP contribution in [-0.4, -0.2) is 33.3 Å². The topological polar surface area (TPSA) is 49.4 Å². The van der Waals surface area contributed by atoms with Gasteiger partial charge >= 0.3 is 0 Å². The van der Waals surface area contributed by atoms with Crippen LogP contribution >= 0.6 is 0 Å². The number of nitrogens with one attached hydrogen (secondary N) is 1. The third-order valence-corrected chi connectivity index (χ3v) is 5.10. The van der Waals surface area contributed by atoms with Gasteiger partial charge < -0.3 is 5.32 Å². The van der Waals surface area contributed by atoms with E-state index in [9.17, 15) is 8.42 Å². The summed E-state index contributed by atoms with van der Waals surface area (Å²) in [5, 5.41) is 2.65. The fraction of sp³-hybridized carbons (Fsp3) is 0.538. The van der Waals surface area contributed by atoms with Gasteiger partial charge in [-0.1, -0.05) is 25.1 Å². The first-order chi connectivity index (χ1) is 8.54. The van der Waals surface area contributed by atoms with Crippen molar-refractivity contribution >= 4 is 15.7 Å². The quantitative estimate of drug-likeness (QED) is 0.822. The molecule has 0 saturated heterocycles. The molecule has 0 heterocycles. The molecule has 0 saturated carbocycles. The summed E-state index contributed by atoms with van der Waals surface area (Å²) >= 11 is 0. The molecule has 0 bridgehead atoms. The first-order valence-corrected chi connectivity index (χ1v) is 7.81. The van der Waals surface area contributed by atoms with Gasteiger partial charge in [0.05, 0.1) is 10.9 Å². The fourth-order valence-corrected chi connectivity index (χ4v) is 3.31. The highest BCUT2D eigenvalue weighted by molar-refractivity contribution is 7.93. The monoisotopic (exact) mass is 270 g/mol. The van der Waals surface area contributed by atoms with Crippen molar-refractivity contribution in [3.8, 4) is 0 Å². The molecule has 1 atom stereocenters. The van der Waals surface area contributed by atoms with E-state index in [1.54, 1.807) is 6.92 Å². The average Bonchev–Trinajstić information content (AvgIpc) is 2.37. The van der Waals surface area contributed by atoms with Gasteiger partial charge in [-0.25, -0.2) is 8.42 Å². The second kappa shape index (κ2) is 6.75. The van der Waals surface area contributed by atoms with E-state index in [1.807, 2.05) is 44.2 Å². The Bertz CT molecular complexity index is 445. The number of rotatable bonds is 7. The van der Waals surface area contributed by atoms with Crippen molar-refractivity contribution in [2.24, 2.45) is 0 Å². The minimum atomic E-state index is -3.31. The number of hydrogen-bond acceptors (Lipinski definition) is 3. The zero-order valence-electron chi connectivity index (χ0n) is 11.3. The maximum Gasteiger partial charge on any atom is 0.239 e. The molecule has 1 rings (SSSR count). The molecule has 0 aromatic heterocycles. The first-order valence-electron chi connectivity index (χ1n) is 6.31. The van der Waals surface area contributed by atoms with Crippen LogP contribution in [0.25, 0.3) is 0 Å². The molecular weight excluding hydrogens is 248 g/mol. The molecular formula is C13H22N2O2S. The molecule has 102 valence electrons. The van der Waals surface area contributed by atoms with Crippen molar-refractivity contribution in [3.63, 3.8) is 0 Å². The molecule has 0 radical (unpaired) electrons. The number of nitrogens with zero attached hydrogens (tertiary/aromatic N) is 1. The molecule has 0 amide bonds. The highest BCUT2D eigenvalue weighted by Gasteiger charge is 2.27. The van der Waals surface area contributed by atoms with Gasteiger partial charge in [0.2, 0.25) is 10.0 Å². The Labute approximate surface area is 110 Å². The SMILES string of the molecule is CCNCC(C)S(=O)(=O)N(CC)c1ccccc1. The predicted octanol–water partition coefficient (Wildman–Crippen LogP) is 1.84. The number of para-hydroxylation sites is 1. The summed E-state index contributed by atoms with van der Waals surface area (Å²) in [6.07, 6.45) is 0. The highest BCUT2D eigenvalue weighted by Crippen LogP contribution is 2.19. The maximum atomic E-state index is 12.5. The summed E-state index contributed by atoms with van der Waals surface area (Å²) < 4.78 is 26.4. The molecule has 1 aromatic carbocycles. The molecule has 1 unspecified atom stereocenters. The second-order valence-electron chi connectivity index (χ2n) is 4.16. The maximum absolute atomic E-state index is 12.5. The standard InChI is InChI=1S/C13H22N2O2S/c1-4-14-11-12(3)18(16,17)15(5-2)13-9-7-6-8-10-13/h6-10,12,14H,4-5,11H2,1-3H3. The summed E-state index contributed by atoms with van der Waals surface area (Å²) in [4.78, 5) is 0. The summed E-state index contributed by atoms with van der Waals surface area (Å²) in [7, 11) is -3.31. The fourth-order valence-electron chi connectivity index (χ4n) is 1.77. The van der Waals surface area contributed by atoms with Gasteiger partial charge in [0, 0.05) is 13.1 Å². The minimum absolute atomic E-state index is 0.433. The number of benzene rings is 1. The smallest absolute Gasteiger partial charge is 0.239 e. The van der Waals surface area contributed by atoms with E-state index in [1.165, 1.54) is 4.31 Å². The molecule has 0 aliphatic heterocycles.